The van der Waals surface area contributed by atoms with Gasteiger partial charge in [0.05, 0.1) is 33.1 Å². The second-order valence-electron chi connectivity index (χ2n) is 7.37. The van der Waals surface area contributed by atoms with Crippen LogP contribution in [0.25, 0.3) is 10.2 Å². The minimum atomic E-state index is -0.431. The Morgan fingerprint density at radius 2 is 2.06 bits per heavy atom. The van der Waals surface area contributed by atoms with E-state index in [2.05, 4.69) is 15.2 Å². The highest BCUT2D eigenvalue weighted by atomic mass is 35.5. The Morgan fingerprint density at radius 1 is 1.32 bits per heavy atom. The summed E-state index contributed by atoms with van der Waals surface area (Å²) in [6.45, 7) is 3.28. The van der Waals surface area contributed by atoms with Crippen molar-refractivity contribution in [3.63, 3.8) is 0 Å². The van der Waals surface area contributed by atoms with E-state index in [-0.39, 0.29) is 29.4 Å². The second-order valence-corrected chi connectivity index (χ2v) is 9.15. The number of ether oxygens (including phenoxy) is 1. The lowest BCUT2D eigenvalue weighted by atomic mass is 10.1. The Hall–Kier alpha value is -1.84. The first kappa shape index (κ1) is 23.8. The third-order valence-corrected chi connectivity index (χ3v) is 7.17. The molecule has 2 aliphatic rings. The Labute approximate surface area is 199 Å². The molecule has 166 valence electrons. The van der Waals surface area contributed by atoms with Gasteiger partial charge in [-0.3, -0.25) is 10.1 Å². The fourth-order valence-corrected chi connectivity index (χ4v) is 5.06. The average molecular weight is 504 g/mol. The zero-order valence-electron chi connectivity index (χ0n) is 16.8. The predicted octanol–water partition coefficient (Wildman–Crippen LogP) is 4.39. The number of benzene rings is 1. The minimum absolute atomic E-state index is 0. The van der Waals surface area contributed by atoms with E-state index in [0.29, 0.717) is 39.8 Å². The summed E-state index contributed by atoms with van der Waals surface area (Å²) in [5.41, 5.74) is 9.27. The molecule has 0 spiro atoms. The van der Waals surface area contributed by atoms with Gasteiger partial charge in [0.15, 0.2) is 5.13 Å². The maximum absolute atomic E-state index is 12.7. The molecule has 4 rings (SSSR count). The number of rotatable bonds is 4. The lowest BCUT2D eigenvalue weighted by Crippen LogP contribution is -2.26. The van der Waals surface area contributed by atoms with E-state index in [1.807, 2.05) is 6.92 Å². The number of methoxy groups -OCH3 is 1. The van der Waals surface area contributed by atoms with Crippen LogP contribution in [0.1, 0.15) is 30.1 Å². The Bertz CT molecular complexity index is 1130. The number of anilines is 2. The molecule has 1 aromatic heterocycles. The standard InChI is InChI=1S/C20H20Cl2N4O3S.ClH/c1-9-5-12(16(22)15(9)21)18(27)25-20-24-17-13(26-4-3-11(23)8-26)6-10(19(28)29-2)7-14(17)30-20;/h6-7,11H,3-5,8,23H2,1-2H3,(H,24,25,27);1H/t11-;/m0./s1. The third kappa shape index (κ3) is 4.54. The molecule has 7 nitrogen and oxygen atoms in total. The Kier molecular flexibility index (Phi) is 7.18. The van der Waals surface area contributed by atoms with Crippen LogP contribution in [0.15, 0.2) is 33.3 Å². The number of hydrogen-bond acceptors (Lipinski definition) is 7. The van der Waals surface area contributed by atoms with Gasteiger partial charge in [0.25, 0.3) is 5.91 Å². The highest BCUT2D eigenvalue weighted by Crippen LogP contribution is 2.39. The normalized spacial score (nSPS) is 18.6. The van der Waals surface area contributed by atoms with Crippen molar-refractivity contribution in [3.05, 3.63) is 38.9 Å². The van der Waals surface area contributed by atoms with E-state index < -0.39 is 5.97 Å². The van der Waals surface area contributed by atoms with Crippen molar-refractivity contribution in [3.8, 4) is 0 Å². The van der Waals surface area contributed by atoms with Gasteiger partial charge in [-0.15, -0.1) is 12.4 Å². The van der Waals surface area contributed by atoms with Crippen LogP contribution in [0.5, 0.6) is 0 Å². The number of carbonyl (C=O) groups excluding carboxylic acids is 2. The first-order chi connectivity index (χ1) is 14.3. The summed E-state index contributed by atoms with van der Waals surface area (Å²) in [5, 5.41) is 3.92. The molecule has 1 atom stereocenters. The lowest BCUT2D eigenvalue weighted by Gasteiger charge is -2.19. The smallest absolute Gasteiger partial charge is 0.337 e. The molecule has 2 aromatic rings. The van der Waals surface area contributed by atoms with Crippen molar-refractivity contribution in [2.75, 3.05) is 30.4 Å². The van der Waals surface area contributed by atoms with Crippen molar-refractivity contribution >= 4 is 79.9 Å². The van der Waals surface area contributed by atoms with Crippen LogP contribution in [-0.4, -0.2) is 43.1 Å². The molecule has 31 heavy (non-hydrogen) atoms. The lowest BCUT2D eigenvalue weighted by molar-refractivity contribution is -0.112. The van der Waals surface area contributed by atoms with E-state index in [9.17, 15) is 9.59 Å². The molecule has 1 amide bonds. The van der Waals surface area contributed by atoms with Crippen LogP contribution in [0.4, 0.5) is 10.8 Å². The Morgan fingerprint density at radius 3 is 2.65 bits per heavy atom. The molecule has 0 bridgehead atoms. The minimum Gasteiger partial charge on any atom is -0.465 e. The zero-order valence-corrected chi connectivity index (χ0v) is 20.0. The van der Waals surface area contributed by atoms with Gasteiger partial charge in [-0.2, -0.15) is 0 Å². The maximum atomic E-state index is 12.7. The Balaban J connectivity index is 0.00000272. The summed E-state index contributed by atoms with van der Waals surface area (Å²) < 4.78 is 5.66. The number of nitrogens with one attached hydrogen (secondary N) is 1. The SMILES string of the molecule is COC(=O)c1cc(N2CC[C@H](N)C2)c2nc(NC(=O)C3=C(Cl)C(Cl)=C(C)C3)sc2c1.Cl. The number of hydrogen-bond donors (Lipinski definition) is 2. The molecule has 0 saturated carbocycles. The molecule has 1 saturated heterocycles. The van der Waals surface area contributed by atoms with Crippen molar-refractivity contribution in [1.82, 2.24) is 4.98 Å². The molecular formula is C20H21Cl3N4O3S. The van der Waals surface area contributed by atoms with Crippen LogP contribution < -0.4 is 16.0 Å². The number of nitrogens with two attached hydrogens (primary N) is 1. The largest absolute Gasteiger partial charge is 0.465 e. The highest BCUT2D eigenvalue weighted by Gasteiger charge is 2.27. The molecule has 0 unspecified atom stereocenters. The number of nitrogens with zero attached hydrogens (tertiary/aromatic N) is 2. The number of amides is 1. The first-order valence-corrected chi connectivity index (χ1v) is 10.9. The van der Waals surface area contributed by atoms with E-state index in [4.69, 9.17) is 33.7 Å². The fraction of sp³-hybridized carbons (Fsp3) is 0.350. The molecule has 1 aromatic carbocycles. The number of fused-ring (bicyclic) bond motifs is 1. The fourth-order valence-electron chi connectivity index (χ4n) is 3.64. The van der Waals surface area contributed by atoms with Gasteiger partial charge < -0.3 is 15.4 Å². The van der Waals surface area contributed by atoms with Gasteiger partial charge in [0.2, 0.25) is 0 Å². The van der Waals surface area contributed by atoms with Gasteiger partial charge in [0, 0.05) is 31.1 Å². The number of aromatic nitrogens is 1. The van der Waals surface area contributed by atoms with E-state index in [1.165, 1.54) is 18.4 Å². The van der Waals surface area contributed by atoms with Crippen molar-refractivity contribution in [2.24, 2.45) is 5.73 Å². The van der Waals surface area contributed by atoms with Crippen LogP contribution >= 0.6 is 46.9 Å². The molecule has 11 heteroatoms. The highest BCUT2D eigenvalue weighted by molar-refractivity contribution is 7.22. The van der Waals surface area contributed by atoms with Gasteiger partial charge >= 0.3 is 5.97 Å². The second kappa shape index (κ2) is 9.34. The number of allylic oxidation sites excluding steroid dienone is 3. The molecular weight excluding hydrogens is 483 g/mol. The average Bonchev–Trinajstić information content (AvgIpc) is 3.40. The van der Waals surface area contributed by atoms with E-state index in [1.54, 1.807) is 12.1 Å². The molecule has 0 radical (unpaired) electrons. The number of esters is 1. The molecule has 1 aliphatic heterocycles. The molecule has 2 heterocycles. The topological polar surface area (TPSA) is 97.6 Å². The maximum Gasteiger partial charge on any atom is 0.337 e. The summed E-state index contributed by atoms with van der Waals surface area (Å²) >= 11 is 13.6. The van der Waals surface area contributed by atoms with Crippen LogP contribution in [-0.2, 0) is 9.53 Å². The zero-order chi connectivity index (χ0) is 21.6. The van der Waals surface area contributed by atoms with Crippen LogP contribution in [0.3, 0.4) is 0 Å². The molecule has 3 N–H and O–H groups in total. The number of thiazole rings is 1. The van der Waals surface area contributed by atoms with Crippen LogP contribution in [0, 0.1) is 0 Å². The van der Waals surface area contributed by atoms with Crippen LogP contribution in [0.2, 0.25) is 0 Å². The number of carbonyl (C=O) groups is 2. The van der Waals surface area contributed by atoms with Gasteiger partial charge in [-0.25, -0.2) is 9.78 Å². The monoisotopic (exact) mass is 502 g/mol. The quantitative estimate of drug-likeness (QED) is 0.601. The summed E-state index contributed by atoms with van der Waals surface area (Å²) in [6, 6.07) is 3.55. The summed E-state index contributed by atoms with van der Waals surface area (Å²) in [5.74, 6) is -0.772. The van der Waals surface area contributed by atoms with Crippen molar-refractivity contribution < 1.29 is 14.3 Å². The van der Waals surface area contributed by atoms with Gasteiger partial charge in [-0.1, -0.05) is 34.5 Å². The van der Waals surface area contributed by atoms with Crippen molar-refractivity contribution in [1.29, 1.82) is 0 Å². The molecule has 1 fully saturated rings. The number of halogens is 3. The summed E-state index contributed by atoms with van der Waals surface area (Å²) in [6.07, 6.45) is 1.26. The predicted molar refractivity (Wildman–Crippen MR) is 128 cm³/mol. The first-order valence-electron chi connectivity index (χ1n) is 9.37. The van der Waals surface area contributed by atoms with Gasteiger partial charge in [-0.05, 0) is 31.1 Å². The molecule has 1 aliphatic carbocycles. The van der Waals surface area contributed by atoms with E-state index >= 15 is 0 Å². The summed E-state index contributed by atoms with van der Waals surface area (Å²) in [7, 11) is 1.34. The van der Waals surface area contributed by atoms with Gasteiger partial charge in [0.1, 0.15) is 5.52 Å². The third-order valence-electron chi connectivity index (χ3n) is 5.23. The van der Waals surface area contributed by atoms with Crippen molar-refractivity contribution in [2.45, 2.75) is 25.8 Å². The summed E-state index contributed by atoms with van der Waals surface area (Å²) in [4.78, 5) is 31.6. The van der Waals surface area contributed by atoms with E-state index in [0.717, 1.165) is 28.9 Å².